The van der Waals surface area contributed by atoms with Crippen molar-refractivity contribution in [3.05, 3.63) is 41.5 Å². The Bertz CT molecular complexity index is 544. The van der Waals surface area contributed by atoms with Gasteiger partial charge in [0, 0.05) is 18.7 Å². The summed E-state index contributed by atoms with van der Waals surface area (Å²) in [4.78, 5) is 0. The average Bonchev–Trinajstić information content (AvgIpc) is 2.81. The van der Waals surface area contributed by atoms with Crippen molar-refractivity contribution in [2.45, 2.75) is 39.3 Å². The molecule has 0 radical (unpaired) electrons. The molecule has 0 spiro atoms. The first-order chi connectivity index (χ1) is 8.84. The fourth-order valence-corrected chi connectivity index (χ4v) is 2.44. The van der Waals surface area contributed by atoms with Gasteiger partial charge in [0.05, 0.1) is 6.54 Å². The summed E-state index contributed by atoms with van der Waals surface area (Å²) in [6, 6.07) is 8.32. The van der Waals surface area contributed by atoms with Crippen molar-refractivity contribution in [1.82, 2.24) is 14.8 Å². The molecule has 3 rings (SSSR count). The van der Waals surface area contributed by atoms with E-state index in [-0.39, 0.29) is 0 Å². The SMILES string of the molecule is Cc1ccccc1NCc1nnc2n1CCCC2. The molecule has 0 saturated carbocycles. The number of hydrogen-bond acceptors (Lipinski definition) is 3. The summed E-state index contributed by atoms with van der Waals surface area (Å²) < 4.78 is 2.26. The third-order valence-electron chi connectivity index (χ3n) is 3.52. The molecule has 0 aliphatic carbocycles. The van der Waals surface area contributed by atoms with Gasteiger partial charge in [0.1, 0.15) is 5.82 Å². The summed E-state index contributed by atoms with van der Waals surface area (Å²) in [5.74, 6) is 2.19. The third kappa shape index (κ3) is 2.10. The lowest BCUT2D eigenvalue weighted by atomic mass is 10.1. The van der Waals surface area contributed by atoms with Gasteiger partial charge in [-0.25, -0.2) is 0 Å². The predicted molar refractivity (Wildman–Crippen MR) is 71.5 cm³/mol. The maximum absolute atomic E-state index is 4.29. The number of hydrogen-bond donors (Lipinski definition) is 1. The average molecular weight is 242 g/mol. The summed E-state index contributed by atoms with van der Waals surface area (Å²) in [6.45, 7) is 3.92. The first-order valence-corrected chi connectivity index (χ1v) is 6.55. The molecular formula is C14H18N4. The van der Waals surface area contributed by atoms with E-state index in [1.165, 1.54) is 24.1 Å². The van der Waals surface area contributed by atoms with Crippen molar-refractivity contribution in [2.24, 2.45) is 0 Å². The molecule has 1 aromatic heterocycles. The molecule has 1 N–H and O–H groups in total. The van der Waals surface area contributed by atoms with E-state index in [9.17, 15) is 0 Å². The Labute approximate surface area is 107 Å². The molecule has 1 aromatic carbocycles. The van der Waals surface area contributed by atoms with Gasteiger partial charge in [-0.15, -0.1) is 10.2 Å². The Morgan fingerprint density at radius 3 is 3.00 bits per heavy atom. The van der Waals surface area contributed by atoms with Crippen molar-refractivity contribution in [2.75, 3.05) is 5.32 Å². The second-order valence-corrected chi connectivity index (χ2v) is 4.81. The maximum atomic E-state index is 4.29. The van der Waals surface area contributed by atoms with Crippen LogP contribution >= 0.6 is 0 Å². The Balaban J connectivity index is 1.74. The summed E-state index contributed by atoms with van der Waals surface area (Å²) >= 11 is 0. The summed E-state index contributed by atoms with van der Waals surface area (Å²) in [5, 5.41) is 12.0. The Kier molecular flexibility index (Phi) is 3.00. The van der Waals surface area contributed by atoms with Gasteiger partial charge in [0.15, 0.2) is 5.82 Å². The number of rotatable bonds is 3. The zero-order valence-electron chi connectivity index (χ0n) is 10.7. The number of anilines is 1. The van der Waals surface area contributed by atoms with Crippen LogP contribution in [-0.2, 0) is 19.5 Å². The molecule has 18 heavy (non-hydrogen) atoms. The minimum atomic E-state index is 0.748. The lowest BCUT2D eigenvalue weighted by molar-refractivity contribution is 0.510. The first-order valence-electron chi connectivity index (χ1n) is 6.55. The van der Waals surface area contributed by atoms with E-state index in [0.717, 1.165) is 31.2 Å². The van der Waals surface area contributed by atoms with Crippen molar-refractivity contribution in [3.63, 3.8) is 0 Å². The third-order valence-corrected chi connectivity index (χ3v) is 3.52. The molecule has 0 bridgehead atoms. The van der Waals surface area contributed by atoms with Crippen LogP contribution in [0.1, 0.15) is 30.1 Å². The van der Waals surface area contributed by atoms with E-state index in [1.807, 2.05) is 0 Å². The molecule has 0 fully saturated rings. The molecular weight excluding hydrogens is 224 g/mol. The monoisotopic (exact) mass is 242 g/mol. The molecule has 1 aliphatic heterocycles. The Hall–Kier alpha value is -1.84. The Morgan fingerprint density at radius 1 is 1.22 bits per heavy atom. The highest BCUT2D eigenvalue weighted by Gasteiger charge is 2.15. The lowest BCUT2D eigenvalue weighted by Gasteiger charge is -2.15. The fraction of sp³-hybridized carbons (Fsp3) is 0.429. The zero-order chi connectivity index (χ0) is 12.4. The predicted octanol–water partition coefficient (Wildman–Crippen LogP) is 2.53. The normalized spacial score (nSPS) is 14.3. The van der Waals surface area contributed by atoms with E-state index in [0.29, 0.717) is 0 Å². The largest absolute Gasteiger partial charge is 0.378 e. The quantitative estimate of drug-likeness (QED) is 0.899. The van der Waals surface area contributed by atoms with E-state index in [4.69, 9.17) is 0 Å². The summed E-state index contributed by atoms with van der Waals surface area (Å²) in [5.41, 5.74) is 2.43. The molecule has 0 unspecified atom stereocenters. The van der Waals surface area contributed by atoms with Crippen LogP contribution in [-0.4, -0.2) is 14.8 Å². The van der Waals surface area contributed by atoms with E-state index in [2.05, 4.69) is 51.3 Å². The van der Waals surface area contributed by atoms with Crippen molar-refractivity contribution < 1.29 is 0 Å². The van der Waals surface area contributed by atoms with Crippen LogP contribution in [0.4, 0.5) is 5.69 Å². The zero-order valence-corrected chi connectivity index (χ0v) is 10.7. The summed E-state index contributed by atoms with van der Waals surface area (Å²) in [6.07, 6.45) is 3.54. The number of nitrogens with one attached hydrogen (secondary N) is 1. The number of benzene rings is 1. The number of aryl methyl sites for hydroxylation is 2. The Morgan fingerprint density at radius 2 is 2.11 bits per heavy atom. The van der Waals surface area contributed by atoms with Crippen LogP contribution < -0.4 is 5.32 Å². The highest BCUT2D eigenvalue weighted by Crippen LogP contribution is 2.17. The minimum absolute atomic E-state index is 0.748. The van der Waals surface area contributed by atoms with Gasteiger partial charge in [0.2, 0.25) is 0 Å². The molecule has 4 heteroatoms. The minimum Gasteiger partial charge on any atom is -0.378 e. The summed E-state index contributed by atoms with van der Waals surface area (Å²) in [7, 11) is 0. The number of aromatic nitrogens is 3. The van der Waals surface area contributed by atoms with Crippen LogP contribution in [0.5, 0.6) is 0 Å². The van der Waals surface area contributed by atoms with Gasteiger partial charge < -0.3 is 9.88 Å². The van der Waals surface area contributed by atoms with Crippen molar-refractivity contribution in [3.8, 4) is 0 Å². The molecule has 0 amide bonds. The number of nitrogens with zero attached hydrogens (tertiary/aromatic N) is 3. The van der Waals surface area contributed by atoms with E-state index < -0.39 is 0 Å². The van der Waals surface area contributed by atoms with Crippen LogP contribution in [0.25, 0.3) is 0 Å². The lowest BCUT2D eigenvalue weighted by Crippen LogP contribution is -2.15. The van der Waals surface area contributed by atoms with Crippen molar-refractivity contribution >= 4 is 5.69 Å². The van der Waals surface area contributed by atoms with E-state index in [1.54, 1.807) is 0 Å². The van der Waals surface area contributed by atoms with Crippen LogP contribution in [0.3, 0.4) is 0 Å². The van der Waals surface area contributed by atoms with Gasteiger partial charge >= 0.3 is 0 Å². The van der Waals surface area contributed by atoms with Gasteiger partial charge in [-0.1, -0.05) is 18.2 Å². The second-order valence-electron chi connectivity index (χ2n) is 4.81. The van der Waals surface area contributed by atoms with Crippen LogP contribution in [0.2, 0.25) is 0 Å². The molecule has 2 heterocycles. The maximum Gasteiger partial charge on any atom is 0.152 e. The highest BCUT2D eigenvalue weighted by molar-refractivity contribution is 5.50. The smallest absolute Gasteiger partial charge is 0.152 e. The topological polar surface area (TPSA) is 42.7 Å². The first kappa shape index (κ1) is 11.3. The number of para-hydroxylation sites is 1. The van der Waals surface area contributed by atoms with E-state index >= 15 is 0 Å². The molecule has 94 valence electrons. The molecule has 4 nitrogen and oxygen atoms in total. The second kappa shape index (κ2) is 4.80. The van der Waals surface area contributed by atoms with Crippen LogP contribution in [0, 0.1) is 6.92 Å². The fourth-order valence-electron chi connectivity index (χ4n) is 2.44. The molecule has 0 atom stereocenters. The van der Waals surface area contributed by atoms with Gasteiger partial charge in [-0.3, -0.25) is 0 Å². The van der Waals surface area contributed by atoms with Crippen molar-refractivity contribution in [1.29, 1.82) is 0 Å². The molecule has 1 aliphatic rings. The molecule has 2 aromatic rings. The van der Waals surface area contributed by atoms with Gasteiger partial charge in [0.25, 0.3) is 0 Å². The highest BCUT2D eigenvalue weighted by atomic mass is 15.3. The number of fused-ring (bicyclic) bond motifs is 1. The van der Waals surface area contributed by atoms with Crippen LogP contribution in [0.15, 0.2) is 24.3 Å². The molecule has 0 saturated heterocycles. The van der Waals surface area contributed by atoms with Gasteiger partial charge in [-0.2, -0.15) is 0 Å². The van der Waals surface area contributed by atoms with Gasteiger partial charge in [-0.05, 0) is 31.4 Å². The standard InChI is InChI=1S/C14H18N4/c1-11-6-2-3-7-12(11)15-10-14-17-16-13-8-4-5-9-18(13)14/h2-3,6-7,15H,4-5,8-10H2,1H3.